The zero-order valence-electron chi connectivity index (χ0n) is 6.40. The molecule has 0 radical (unpaired) electrons. The zero-order chi connectivity index (χ0) is 8.69. The molecule has 0 aromatic rings. The minimum atomic E-state index is -0.499. The molecule has 11 heavy (non-hydrogen) atoms. The lowest BCUT2D eigenvalue weighted by Crippen LogP contribution is -1.94. The van der Waals surface area contributed by atoms with Crippen LogP contribution in [0.1, 0.15) is 6.92 Å². The number of carbonyl (C=O) groups excluding carboxylic acids is 1. The van der Waals surface area contributed by atoms with Gasteiger partial charge in [0, 0.05) is 6.08 Å². The molecule has 0 aliphatic carbocycles. The van der Waals surface area contributed by atoms with E-state index in [2.05, 4.69) is 9.62 Å². The van der Waals surface area contributed by atoms with Gasteiger partial charge in [-0.15, -0.1) is 0 Å². The number of ether oxygens (including phenoxy) is 1. The molecule has 0 rings (SSSR count). The van der Waals surface area contributed by atoms with Crippen molar-refractivity contribution in [2.75, 3.05) is 7.11 Å². The van der Waals surface area contributed by atoms with Crippen molar-refractivity contribution in [3.63, 3.8) is 0 Å². The van der Waals surface area contributed by atoms with E-state index >= 15 is 0 Å². The lowest BCUT2D eigenvalue weighted by atomic mass is 10.4. The molecule has 4 heteroatoms. The first-order chi connectivity index (χ1) is 5.24. The summed E-state index contributed by atoms with van der Waals surface area (Å²) in [5.74, 6) is -0.309. The first-order valence-electron chi connectivity index (χ1n) is 2.98. The third kappa shape index (κ3) is 4.16. The molecular formula is C7H10O4. The van der Waals surface area contributed by atoms with Gasteiger partial charge in [0.25, 0.3) is 0 Å². The Kier molecular flexibility index (Phi) is 4.85. The summed E-state index contributed by atoms with van der Waals surface area (Å²) >= 11 is 0. The number of esters is 1. The van der Waals surface area contributed by atoms with E-state index in [-0.39, 0.29) is 5.76 Å². The van der Waals surface area contributed by atoms with Crippen molar-refractivity contribution >= 4 is 5.97 Å². The van der Waals surface area contributed by atoms with Crippen LogP contribution in [0.5, 0.6) is 0 Å². The summed E-state index contributed by atoms with van der Waals surface area (Å²) in [4.78, 5) is 14.3. The number of carbonyl (C=O) groups is 1. The highest BCUT2D eigenvalue weighted by atomic mass is 17.1. The van der Waals surface area contributed by atoms with Crippen LogP contribution in [0.3, 0.4) is 0 Å². The van der Waals surface area contributed by atoms with E-state index in [1.165, 1.54) is 19.3 Å². The molecule has 0 aliphatic rings. The first kappa shape index (κ1) is 9.71. The highest BCUT2D eigenvalue weighted by Crippen LogP contribution is 1.96. The Morgan fingerprint density at radius 3 is 2.45 bits per heavy atom. The van der Waals surface area contributed by atoms with Crippen LogP contribution < -0.4 is 0 Å². The second kappa shape index (κ2) is 5.49. The predicted octanol–water partition coefficient (Wildman–Crippen LogP) is 1.11. The minimum Gasteiger partial charge on any atom is -0.466 e. The predicted molar refractivity (Wildman–Crippen MR) is 38.6 cm³/mol. The number of rotatable bonds is 3. The smallest absolute Gasteiger partial charge is 0.330 e. The fourth-order valence-electron chi connectivity index (χ4n) is 0.398. The first-order valence-corrected chi connectivity index (χ1v) is 2.98. The molecule has 0 aromatic carbocycles. The second-order valence-corrected chi connectivity index (χ2v) is 1.64. The highest BCUT2D eigenvalue weighted by molar-refractivity contribution is 5.82. The third-order valence-electron chi connectivity index (χ3n) is 0.975. The second-order valence-electron chi connectivity index (χ2n) is 1.64. The number of methoxy groups -OCH3 is 1. The molecule has 0 unspecified atom stereocenters. The lowest BCUT2D eigenvalue weighted by Gasteiger charge is -1.93. The maximum absolute atomic E-state index is 10.5. The van der Waals surface area contributed by atoms with Crippen molar-refractivity contribution in [3.05, 3.63) is 24.0 Å². The number of allylic oxidation sites excluding steroid dienone is 2. The molecule has 0 saturated heterocycles. The molecular weight excluding hydrogens is 148 g/mol. The fourth-order valence-corrected chi connectivity index (χ4v) is 0.398. The van der Waals surface area contributed by atoms with Crippen molar-refractivity contribution in [2.45, 2.75) is 6.92 Å². The maximum atomic E-state index is 10.5. The van der Waals surface area contributed by atoms with Gasteiger partial charge in [-0.2, -0.15) is 0 Å². The van der Waals surface area contributed by atoms with E-state index in [0.29, 0.717) is 0 Å². The van der Waals surface area contributed by atoms with Crippen LogP contribution in [0.2, 0.25) is 0 Å². The van der Waals surface area contributed by atoms with Crippen LogP contribution in [-0.2, 0) is 14.4 Å². The van der Waals surface area contributed by atoms with Gasteiger partial charge in [-0.1, -0.05) is 0 Å². The summed E-state index contributed by atoms with van der Waals surface area (Å²) in [7, 11) is 1.27. The Morgan fingerprint density at radius 2 is 2.09 bits per heavy atom. The topological polar surface area (TPSA) is 55.8 Å². The van der Waals surface area contributed by atoms with Gasteiger partial charge in [-0.05, 0) is 19.1 Å². The van der Waals surface area contributed by atoms with Gasteiger partial charge in [-0.3, -0.25) is 0 Å². The molecule has 0 amide bonds. The summed E-state index contributed by atoms with van der Waals surface area (Å²) in [6, 6.07) is 0. The number of hydrogen-bond donors (Lipinski definition) is 1. The molecule has 0 aromatic heterocycles. The summed E-state index contributed by atoms with van der Waals surface area (Å²) in [5, 5.41) is 8.14. The van der Waals surface area contributed by atoms with Gasteiger partial charge < -0.3 is 9.62 Å². The van der Waals surface area contributed by atoms with Crippen LogP contribution in [0.4, 0.5) is 0 Å². The average molecular weight is 158 g/mol. The maximum Gasteiger partial charge on any atom is 0.330 e. The van der Waals surface area contributed by atoms with Crippen LogP contribution >= 0.6 is 0 Å². The van der Waals surface area contributed by atoms with Crippen molar-refractivity contribution < 1.29 is 19.7 Å². The van der Waals surface area contributed by atoms with Gasteiger partial charge in [0.15, 0.2) is 5.76 Å². The summed E-state index contributed by atoms with van der Waals surface area (Å²) in [6.07, 6.45) is 3.94. The summed E-state index contributed by atoms with van der Waals surface area (Å²) < 4.78 is 4.30. The third-order valence-corrected chi connectivity index (χ3v) is 0.975. The van der Waals surface area contributed by atoms with Crippen LogP contribution in [0.15, 0.2) is 24.0 Å². The van der Waals surface area contributed by atoms with Gasteiger partial charge in [0.1, 0.15) is 0 Å². The molecule has 62 valence electrons. The largest absolute Gasteiger partial charge is 0.466 e. The van der Waals surface area contributed by atoms with E-state index in [9.17, 15) is 4.79 Å². The Bertz CT molecular complexity index is 181. The van der Waals surface area contributed by atoms with Gasteiger partial charge in [0.05, 0.1) is 7.11 Å². The monoisotopic (exact) mass is 158 g/mol. The van der Waals surface area contributed by atoms with Crippen molar-refractivity contribution in [3.8, 4) is 0 Å². The Labute approximate surface area is 64.7 Å². The SMILES string of the molecule is C/C=C(/C=C/C(=O)OC)OO. The van der Waals surface area contributed by atoms with E-state index in [0.717, 1.165) is 6.08 Å². The quantitative estimate of drug-likeness (QED) is 0.167. The van der Waals surface area contributed by atoms with Crippen molar-refractivity contribution in [1.29, 1.82) is 0 Å². The standard InChI is InChI=1S/C7H10O4/c1-3-6(11-9)4-5-7(8)10-2/h3-5,9H,1-2H3/b5-4+,6-3-. The Morgan fingerprint density at radius 1 is 1.45 bits per heavy atom. The fraction of sp³-hybridized carbons (Fsp3) is 0.286. The molecule has 0 bridgehead atoms. The Balaban J connectivity index is 4.00. The summed E-state index contributed by atoms with van der Waals surface area (Å²) in [6.45, 7) is 1.66. The molecule has 0 aliphatic heterocycles. The van der Waals surface area contributed by atoms with Gasteiger partial charge >= 0.3 is 5.97 Å². The molecule has 1 N–H and O–H groups in total. The van der Waals surface area contributed by atoms with Crippen molar-refractivity contribution in [2.24, 2.45) is 0 Å². The summed E-state index contributed by atoms with van der Waals surface area (Å²) in [5.41, 5.74) is 0. The highest BCUT2D eigenvalue weighted by Gasteiger charge is 1.92. The van der Waals surface area contributed by atoms with Gasteiger partial charge in [0.2, 0.25) is 0 Å². The van der Waals surface area contributed by atoms with Crippen LogP contribution in [0, 0.1) is 0 Å². The number of hydrogen-bond acceptors (Lipinski definition) is 4. The molecule has 0 fully saturated rings. The molecule has 0 spiro atoms. The Hall–Kier alpha value is -1.29. The molecule has 0 saturated carbocycles. The lowest BCUT2D eigenvalue weighted by molar-refractivity contribution is -0.198. The molecule has 0 atom stereocenters. The minimum absolute atomic E-state index is 0.190. The zero-order valence-corrected chi connectivity index (χ0v) is 6.40. The van der Waals surface area contributed by atoms with E-state index in [1.807, 2.05) is 0 Å². The van der Waals surface area contributed by atoms with E-state index in [4.69, 9.17) is 5.26 Å². The van der Waals surface area contributed by atoms with Gasteiger partial charge in [-0.25, -0.2) is 10.1 Å². The van der Waals surface area contributed by atoms with Crippen LogP contribution in [0.25, 0.3) is 0 Å². The van der Waals surface area contributed by atoms with Crippen molar-refractivity contribution in [1.82, 2.24) is 0 Å². The average Bonchev–Trinajstić information content (AvgIpc) is 2.06. The van der Waals surface area contributed by atoms with Crippen LogP contribution in [-0.4, -0.2) is 18.3 Å². The molecule has 4 nitrogen and oxygen atoms in total. The van der Waals surface area contributed by atoms with E-state index < -0.39 is 5.97 Å². The van der Waals surface area contributed by atoms with E-state index in [1.54, 1.807) is 6.92 Å². The molecule has 0 heterocycles. The normalized spacial score (nSPS) is 11.7.